The van der Waals surface area contributed by atoms with E-state index in [0.717, 1.165) is 24.3 Å². The topological polar surface area (TPSA) is 63.1 Å². The lowest BCUT2D eigenvalue weighted by Crippen LogP contribution is -2.24. The molecule has 0 fully saturated rings. The highest BCUT2D eigenvalue weighted by Gasteiger charge is 2.16. The summed E-state index contributed by atoms with van der Waals surface area (Å²) < 4.78 is 28.6. The Kier molecular flexibility index (Phi) is 6.92. The summed E-state index contributed by atoms with van der Waals surface area (Å²) in [6.45, 7) is 1.15. The van der Waals surface area contributed by atoms with Gasteiger partial charge in [-0.25, -0.2) is 13.1 Å². The van der Waals surface area contributed by atoms with Crippen LogP contribution in [-0.2, 0) is 23.6 Å². The fourth-order valence-corrected chi connectivity index (χ4v) is 3.40. The van der Waals surface area contributed by atoms with E-state index in [1.54, 1.807) is 24.0 Å². The molecule has 0 aliphatic rings. The zero-order chi connectivity index (χ0) is 14.3. The highest BCUT2D eigenvalue weighted by atomic mass is 32.2. The van der Waals surface area contributed by atoms with Crippen LogP contribution in [0.3, 0.4) is 0 Å². The van der Waals surface area contributed by atoms with Crippen LogP contribution < -0.4 is 10.0 Å². The summed E-state index contributed by atoms with van der Waals surface area (Å²) in [5.74, 6) is 1.07. The second-order valence-corrected chi connectivity index (χ2v) is 7.16. The van der Waals surface area contributed by atoms with Crippen LogP contribution in [0.5, 0.6) is 0 Å². The Bertz CT molecular complexity index is 483. The minimum atomic E-state index is -3.37. The monoisotopic (exact) mass is 305 g/mol. The first-order chi connectivity index (χ1) is 9.01. The van der Waals surface area contributed by atoms with E-state index in [-0.39, 0.29) is 0 Å². The van der Waals surface area contributed by atoms with Crippen LogP contribution >= 0.6 is 11.8 Å². The van der Waals surface area contributed by atoms with Crippen LogP contribution in [0.4, 0.5) is 0 Å². The molecule has 0 amide bonds. The van der Waals surface area contributed by atoms with Crippen molar-refractivity contribution in [1.29, 1.82) is 0 Å². The number of rotatable bonds is 9. The van der Waals surface area contributed by atoms with Crippen molar-refractivity contribution in [2.45, 2.75) is 24.3 Å². The maximum atomic E-state index is 12.1. The first-order valence-electron chi connectivity index (χ1n) is 6.29. The molecule has 0 atom stereocenters. The van der Waals surface area contributed by atoms with Crippen molar-refractivity contribution in [2.75, 3.05) is 25.6 Å². The fraction of sp³-hybridized carbons (Fsp3) is 0.667. The van der Waals surface area contributed by atoms with Gasteiger partial charge >= 0.3 is 0 Å². The third-order valence-electron chi connectivity index (χ3n) is 2.82. The van der Waals surface area contributed by atoms with E-state index in [0.29, 0.717) is 18.0 Å². The molecular weight excluding hydrogens is 282 g/mol. The summed E-state index contributed by atoms with van der Waals surface area (Å²) in [5.41, 5.74) is 0.949. The van der Waals surface area contributed by atoms with Gasteiger partial charge in [0.15, 0.2) is 0 Å². The molecule has 1 rings (SSSR count). The van der Waals surface area contributed by atoms with Crippen LogP contribution in [0.2, 0.25) is 0 Å². The molecule has 5 nitrogen and oxygen atoms in total. The Hall–Kier alpha value is -0.500. The maximum Gasteiger partial charge on any atom is 0.242 e. The molecule has 19 heavy (non-hydrogen) atoms. The molecule has 0 spiro atoms. The van der Waals surface area contributed by atoms with Crippen LogP contribution in [0, 0.1) is 0 Å². The highest BCUT2D eigenvalue weighted by Crippen LogP contribution is 2.13. The molecule has 0 aliphatic carbocycles. The number of nitrogens with zero attached hydrogens (tertiary/aromatic N) is 1. The van der Waals surface area contributed by atoms with Crippen molar-refractivity contribution in [3.63, 3.8) is 0 Å². The van der Waals surface area contributed by atoms with Crippen molar-refractivity contribution in [1.82, 2.24) is 14.6 Å². The van der Waals surface area contributed by atoms with Gasteiger partial charge in [0.05, 0.1) is 4.90 Å². The number of aromatic nitrogens is 1. The predicted octanol–water partition coefficient (Wildman–Crippen LogP) is 1.17. The molecule has 1 aromatic rings. The molecule has 0 aliphatic heterocycles. The van der Waals surface area contributed by atoms with Gasteiger partial charge in [0.1, 0.15) is 0 Å². The summed E-state index contributed by atoms with van der Waals surface area (Å²) in [6.07, 6.45) is 5.61. The van der Waals surface area contributed by atoms with Crippen molar-refractivity contribution in [3.05, 3.63) is 18.0 Å². The molecule has 7 heteroatoms. The van der Waals surface area contributed by atoms with Crippen LogP contribution in [0.1, 0.15) is 18.5 Å². The molecule has 0 aromatic carbocycles. The van der Waals surface area contributed by atoms with E-state index in [2.05, 4.69) is 16.3 Å². The third kappa shape index (κ3) is 5.18. The number of hydrogen-bond acceptors (Lipinski definition) is 4. The fourth-order valence-electron chi connectivity index (χ4n) is 1.74. The van der Waals surface area contributed by atoms with Gasteiger partial charge in [0.25, 0.3) is 0 Å². The molecule has 0 saturated heterocycles. The average Bonchev–Trinajstić information content (AvgIpc) is 2.72. The SMILES string of the molecule is CNCc1cc(S(=O)(=O)NCCCCSC)cn1C. The smallest absolute Gasteiger partial charge is 0.242 e. The van der Waals surface area contributed by atoms with Gasteiger partial charge in [-0.05, 0) is 38.0 Å². The van der Waals surface area contributed by atoms with Crippen molar-refractivity contribution < 1.29 is 8.42 Å². The molecule has 110 valence electrons. The summed E-state index contributed by atoms with van der Waals surface area (Å²) >= 11 is 1.78. The number of aryl methyl sites for hydroxylation is 1. The largest absolute Gasteiger partial charge is 0.352 e. The summed E-state index contributed by atoms with van der Waals surface area (Å²) in [4.78, 5) is 0.338. The van der Waals surface area contributed by atoms with Gasteiger partial charge in [0, 0.05) is 32.0 Å². The third-order valence-corrected chi connectivity index (χ3v) is 4.94. The molecule has 0 saturated carbocycles. The number of hydrogen-bond donors (Lipinski definition) is 2. The standard InChI is InChI=1S/C12H23N3O2S2/c1-13-9-11-8-12(10-15(11)2)19(16,17)14-6-4-5-7-18-3/h8,10,13-14H,4-7,9H2,1-3H3. The van der Waals surface area contributed by atoms with Crippen LogP contribution in [0.25, 0.3) is 0 Å². The van der Waals surface area contributed by atoms with E-state index in [1.165, 1.54) is 0 Å². The Labute approximate surface area is 120 Å². The summed E-state index contributed by atoms with van der Waals surface area (Å²) in [5, 5.41) is 3.02. The lowest BCUT2D eigenvalue weighted by atomic mass is 10.3. The lowest BCUT2D eigenvalue weighted by molar-refractivity contribution is 0.578. The van der Waals surface area contributed by atoms with Crippen LogP contribution in [0.15, 0.2) is 17.2 Å². The van der Waals surface area contributed by atoms with Gasteiger partial charge in [0.2, 0.25) is 10.0 Å². The first-order valence-corrected chi connectivity index (χ1v) is 9.17. The van der Waals surface area contributed by atoms with E-state index >= 15 is 0 Å². The quantitative estimate of drug-likeness (QED) is 0.672. The first kappa shape index (κ1) is 16.6. The van der Waals surface area contributed by atoms with Gasteiger partial charge in [-0.3, -0.25) is 0 Å². The average molecular weight is 305 g/mol. The number of thioether (sulfide) groups is 1. The van der Waals surface area contributed by atoms with Gasteiger partial charge in [-0.1, -0.05) is 0 Å². The van der Waals surface area contributed by atoms with Gasteiger partial charge < -0.3 is 9.88 Å². The van der Waals surface area contributed by atoms with Gasteiger partial charge in [-0.2, -0.15) is 11.8 Å². The van der Waals surface area contributed by atoms with Crippen LogP contribution in [-0.4, -0.2) is 38.6 Å². The van der Waals surface area contributed by atoms with E-state index in [1.807, 2.05) is 18.7 Å². The minimum Gasteiger partial charge on any atom is -0.352 e. The molecular formula is C12H23N3O2S2. The molecule has 0 radical (unpaired) electrons. The zero-order valence-corrected chi connectivity index (χ0v) is 13.4. The number of sulfonamides is 1. The minimum absolute atomic E-state index is 0.338. The Balaban J connectivity index is 2.59. The van der Waals surface area contributed by atoms with E-state index < -0.39 is 10.0 Å². The number of unbranched alkanes of at least 4 members (excludes halogenated alkanes) is 1. The second-order valence-electron chi connectivity index (χ2n) is 4.41. The summed E-state index contributed by atoms with van der Waals surface area (Å²) in [6, 6.07) is 1.71. The highest BCUT2D eigenvalue weighted by molar-refractivity contribution is 7.98. The van der Waals surface area contributed by atoms with Crippen molar-refractivity contribution in [3.8, 4) is 0 Å². The Morgan fingerprint density at radius 2 is 2.11 bits per heavy atom. The number of nitrogens with one attached hydrogen (secondary N) is 2. The normalized spacial score (nSPS) is 11.9. The Morgan fingerprint density at radius 3 is 2.74 bits per heavy atom. The molecule has 0 bridgehead atoms. The van der Waals surface area contributed by atoms with E-state index in [9.17, 15) is 8.42 Å². The zero-order valence-electron chi connectivity index (χ0n) is 11.8. The molecule has 0 unspecified atom stereocenters. The molecule has 1 heterocycles. The van der Waals surface area contributed by atoms with Crippen molar-refractivity contribution in [2.24, 2.45) is 7.05 Å². The second kappa shape index (κ2) is 7.94. The summed E-state index contributed by atoms with van der Waals surface area (Å²) in [7, 11) is 0.317. The molecule has 1 aromatic heterocycles. The van der Waals surface area contributed by atoms with E-state index in [4.69, 9.17) is 0 Å². The van der Waals surface area contributed by atoms with Crippen molar-refractivity contribution >= 4 is 21.8 Å². The predicted molar refractivity (Wildman–Crippen MR) is 81.0 cm³/mol. The molecule has 2 N–H and O–H groups in total. The Morgan fingerprint density at radius 1 is 1.37 bits per heavy atom. The van der Waals surface area contributed by atoms with Gasteiger partial charge in [-0.15, -0.1) is 0 Å². The lowest BCUT2D eigenvalue weighted by Gasteiger charge is -2.04. The maximum absolute atomic E-state index is 12.1.